The molecule has 1 aromatic rings. The normalized spacial score (nSPS) is 12.5. The number of methoxy groups -OCH3 is 1. The fourth-order valence-electron chi connectivity index (χ4n) is 1.74. The van der Waals surface area contributed by atoms with Crippen molar-refractivity contribution in [1.29, 1.82) is 0 Å². The second-order valence-corrected chi connectivity index (χ2v) is 4.29. The van der Waals surface area contributed by atoms with Crippen molar-refractivity contribution in [3.05, 3.63) is 29.3 Å². The lowest BCUT2D eigenvalue weighted by atomic mass is 9.95. The van der Waals surface area contributed by atoms with Gasteiger partial charge < -0.3 is 4.74 Å². The molecule has 0 amide bonds. The van der Waals surface area contributed by atoms with Crippen LogP contribution in [0.15, 0.2) is 18.2 Å². The highest BCUT2D eigenvalue weighted by molar-refractivity contribution is 7.80. The van der Waals surface area contributed by atoms with Gasteiger partial charge >= 0.3 is 0 Å². The molecule has 0 heterocycles. The van der Waals surface area contributed by atoms with Crippen molar-refractivity contribution in [2.75, 3.05) is 12.9 Å². The van der Waals surface area contributed by atoms with Gasteiger partial charge in [-0.1, -0.05) is 26.0 Å². The second-order valence-electron chi connectivity index (χ2n) is 3.84. The van der Waals surface area contributed by atoms with E-state index in [2.05, 4.69) is 44.7 Å². The molecule has 0 aliphatic rings. The minimum Gasteiger partial charge on any atom is -0.496 e. The Hall–Kier alpha value is -0.630. The Labute approximate surface area is 98.3 Å². The van der Waals surface area contributed by atoms with E-state index < -0.39 is 0 Å². The molecular formula is C13H20OS. The van der Waals surface area contributed by atoms with Crippen molar-refractivity contribution in [1.82, 2.24) is 0 Å². The van der Waals surface area contributed by atoms with Gasteiger partial charge in [0.25, 0.3) is 0 Å². The molecule has 0 saturated carbocycles. The molecule has 0 bridgehead atoms. The van der Waals surface area contributed by atoms with E-state index in [0.717, 1.165) is 24.3 Å². The first-order valence-corrected chi connectivity index (χ1v) is 6.13. The van der Waals surface area contributed by atoms with Crippen molar-refractivity contribution in [3.63, 3.8) is 0 Å². The van der Waals surface area contributed by atoms with Gasteiger partial charge in [-0.2, -0.15) is 12.6 Å². The zero-order chi connectivity index (χ0) is 11.3. The van der Waals surface area contributed by atoms with Gasteiger partial charge in [0, 0.05) is 0 Å². The molecule has 0 radical (unpaired) electrons. The van der Waals surface area contributed by atoms with E-state index in [1.165, 1.54) is 11.1 Å². The van der Waals surface area contributed by atoms with Crippen molar-refractivity contribution >= 4 is 12.6 Å². The Morgan fingerprint density at radius 3 is 2.67 bits per heavy atom. The monoisotopic (exact) mass is 224 g/mol. The van der Waals surface area contributed by atoms with Crippen LogP contribution >= 0.6 is 12.6 Å². The van der Waals surface area contributed by atoms with E-state index in [-0.39, 0.29) is 0 Å². The zero-order valence-electron chi connectivity index (χ0n) is 9.79. The quantitative estimate of drug-likeness (QED) is 0.751. The maximum atomic E-state index is 5.39. The highest BCUT2D eigenvalue weighted by atomic mass is 32.1. The number of rotatable bonds is 5. The van der Waals surface area contributed by atoms with Crippen molar-refractivity contribution in [2.45, 2.75) is 32.6 Å². The lowest BCUT2D eigenvalue weighted by Gasteiger charge is -2.16. The maximum absolute atomic E-state index is 5.39. The van der Waals surface area contributed by atoms with Crippen LogP contribution < -0.4 is 4.74 Å². The highest BCUT2D eigenvalue weighted by Crippen LogP contribution is 2.30. The average molecular weight is 224 g/mol. The zero-order valence-corrected chi connectivity index (χ0v) is 10.7. The predicted octanol–water partition coefficient (Wildman–Crippen LogP) is 3.68. The molecule has 0 saturated heterocycles. The molecule has 0 aliphatic carbocycles. The fourth-order valence-corrected chi connectivity index (χ4v) is 2.13. The largest absolute Gasteiger partial charge is 0.496 e. The Kier molecular flexibility index (Phi) is 5.03. The van der Waals surface area contributed by atoms with Crippen LogP contribution in [0.3, 0.4) is 0 Å². The number of thiol groups is 1. The first kappa shape index (κ1) is 12.4. The standard InChI is InChI=1S/C13H20OS/c1-4-11-5-6-13(14-3)12(9-11)10(2)7-8-15/h5-6,9-10,15H,4,7-8H2,1-3H3. The van der Waals surface area contributed by atoms with Gasteiger partial charge in [0.1, 0.15) is 5.75 Å². The van der Waals surface area contributed by atoms with Gasteiger partial charge in [-0.3, -0.25) is 0 Å². The molecule has 15 heavy (non-hydrogen) atoms. The van der Waals surface area contributed by atoms with E-state index >= 15 is 0 Å². The molecule has 84 valence electrons. The van der Waals surface area contributed by atoms with Gasteiger partial charge in [-0.15, -0.1) is 0 Å². The van der Waals surface area contributed by atoms with Gasteiger partial charge in [0.15, 0.2) is 0 Å². The van der Waals surface area contributed by atoms with Crippen molar-refractivity contribution < 1.29 is 4.74 Å². The van der Waals surface area contributed by atoms with Crippen LogP contribution in [0.4, 0.5) is 0 Å². The van der Waals surface area contributed by atoms with Crippen LogP contribution in [0.5, 0.6) is 5.75 Å². The number of hydrogen-bond donors (Lipinski definition) is 1. The molecule has 1 atom stereocenters. The van der Waals surface area contributed by atoms with Crippen LogP contribution in [-0.4, -0.2) is 12.9 Å². The Morgan fingerprint density at radius 1 is 1.40 bits per heavy atom. The molecule has 1 nitrogen and oxygen atoms in total. The van der Waals surface area contributed by atoms with Gasteiger partial charge in [0.05, 0.1) is 7.11 Å². The third-order valence-electron chi connectivity index (χ3n) is 2.80. The molecule has 0 aliphatic heterocycles. The smallest absolute Gasteiger partial charge is 0.122 e. The average Bonchev–Trinajstić information content (AvgIpc) is 2.28. The molecule has 2 heteroatoms. The van der Waals surface area contributed by atoms with Crippen molar-refractivity contribution in [3.8, 4) is 5.75 Å². The summed E-state index contributed by atoms with van der Waals surface area (Å²) in [7, 11) is 1.73. The van der Waals surface area contributed by atoms with Crippen LogP contribution in [-0.2, 0) is 6.42 Å². The van der Waals surface area contributed by atoms with Crippen LogP contribution in [0, 0.1) is 0 Å². The van der Waals surface area contributed by atoms with E-state index in [9.17, 15) is 0 Å². The third-order valence-corrected chi connectivity index (χ3v) is 3.05. The van der Waals surface area contributed by atoms with Crippen LogP contribution in [0.2, 0.25) is 0 Å². The second kappa shape index (κ2) is 6.06. The summed E-state index contributed by atoms with van der Waals surface area (Å²) in [5.41, 5.74) is 2.68. The Balaban J connectivity index is 3.00. The van der Waals surface area contributed by atoms with E-state index in [1.54, 1.807) is 7.11 Å². The minimum atomic E-state index is 0.518. The number of benzene rings is 1. The van der Waals surface area contributed by atoms with E-state index in [0.29, 0.717) is 5.92 Å². The van der Waals surface area contributed by atoms with E-state index in [4.69, 9.17) is 4.74 Å². The minimum absolute atomic E-state index is 0.518. The van der Waals surface area contributed by atoms with Crippen LogP contribution in [0.25, 0.3) is 0 Å². The number of aryl methyl sites for hydroxylation is 1. The molecule has 1 unspecified atom stereocenters. The molecule has 1 aromatic carbocycles. The van der Waals surface area contributed by atoms with Gasteiger partial charge in [0.2, 0.25) is 0 Å². The van der Waals surface area contributed by atoms with Gasteiger partial charge in [-0.05, 0) is 41.7 Å². The third kappa shape index (κ3) is 3.16. The highest BCUT2D eigenvalue weighted by Gasteiger charge is 2.11. The summed E-state index contributed by atoms with van der Waals surface area (Å²) in [6.07, 6.45) is 2.16. The molecular weight excluding hydrogens is 204 g/mol. The van der Waals surface area contributed by atoms with Crippen molar-refractivity contribution in [2.24, 2.45) is 0 Å². The number of hydrogen-bond acceptors (Lipinski definition) is 2. The summed E-state index contributed by atoms with van der Waals surface area (Å²) in [5.74, 6) is 2.44. The maximum Gasteiger partial charge on any atom is 0.122 e. The summed E-state index contributed by atoms with van der Waals surface area (Å²) in [6, 6.07) is 6.46. The van der Waals surface area contributed by atoms with Gasteiger partial charge in [-0.25, -0.2) is 0 Å². The first-order valence-electron chi connectivity index (χ1n) is 5.50. The summed E-state index contributed by atoms with van der Waals surface area (Å²) in [6.45, 7) is 4.41. The molecule has 0 N–H and O–H groups in total. The molecule has 0 fully saturated rings. The fraction of sp³-hybridized carbons (Fsp3) is 0.538. The summed E-state index contributed by atoms with van der Waals surface area (Å²) in [5, 5.41) is 0. The summed E-state index contributed by atoms with van der Waals surface area (Å²) in [4.78, 5) is 0. The molecule has 0 spiro atoms. The topological polar surface area (TPSA) is 9.23 Å². The summed E-state index contributed by atoms with van der Waals surface area (Å²) >= 11 is 4.28. The summed E-state index contributed by atoms with van der Waals surface area (Å²) < 4.78 is 5.39. The Morgan fingerprint density at radius 2 is 2.13 bits per heavy atom. The Bertz CT molecular complexity index is 309. The van der Waals surface area contributed by atoms with Crippen LogP contribution in [0.1, 0.15) is 37.3 Å². The first-order chi connectivity index (χ1) is 7.22. The lowest BCUT2D eigenvalue weighted by molar-refractivity contribution is 0.406. The van der Waals surface area contributed by atoms with E-state index in [1.807, 2.05) is 0 Å². The molecule has 1 rings (SSSR count). The lowest BCUT2D eigenvalue weighted by Crippen LogP contribution is -1.99. The SMILES string of the molecule is CCc1ccc(OC)c(C(C)CCS)c1. The predicted molar refractivity (Wildman–Crippen MR) is 69.3 cm³/mol. The number of ether oxygens (including phenoxy) is 1. The molecule has 0 aromatic heterocycles.